The zero-order valence-electron chi connectivity index (χ0n) is 10.8. The van der Waals surface area contributed by atoms with Crippen LogP contribution in [0.5, 0.6) is 5.75 Å². The summed E-state index contributed by atoms with van der Waals surface area (Å²) in [6.45, 7) is 1.75. The highest BCUT2D eigenvalue weighted by Gasteiger charge is 2.40. The molecule has 0 amide bonds. The van der Waals surface area contributed by atoms with E-state index in [1.54, 1.807) is 19.1 Å². The molecule has 1 aliphatic rings. The van der Waals surface area contributed by atoms with Gasteiger partial charge in [-0.2, -0.15) is 0 Å². The zero-order valence-corrected chi connectivity index (χ0v) is 13.0. The van der Waals surface area contributed by atoms with Crippen molar-refractivity contribution in [3.05, 3.63) is 27.1 Å². The minimum Gasteiger partial charge on any atom is -0.504 e. The number of halogens is 2. The number of phenols is 1. The number of esters is 1. The van der Waals surface area contributed by atoms with Crippen molar-refractivity contribution in [1.29, 1.82) is 0 Å². The van der Waals surface area contributed by atoms with Crippen molar-refractivity contribution in [3.63, 3.8) is 0 Å². The van der Waals surface area contributed by atoms with Crippen molar-refractivity contribution in [2.75, 3.05) is 7.11 Å². The molecule has 0 spiro atoms. The third-order valence-electron chi connectivity index (χ3n) is 3.70. The van der Waals surface area contributed by atoms with Crippen LogP contribution in [0.25, 0.3) is 0 Å². The Bertz CT molecular complexity index is 500. The smallest absolute Gasteiger partial charge is 0.309 e. The first kappa shape index (κ1) is 14.6. The summed E-state index contributed by atoms with van der Waals surface area (Å²) in [4.78, 5) is 11.7. The van der Waals surface area contributed by atoms with Gasteiger partial charge < -0.3 is 9.84 Å². The van der Waals surface area contributed by atoms with Crippen molar-refractivity contribution in [2.45, 2.75) is 25.7 Å². The van der Waals surface area contributed by atoms with Gasteiger partial charge in [0.25, 0.3) is 0 Å². The number of hydrogen-bond acceptors (Lipinski definition) is 3. The van der Waals surface area contributed by atoms with Crippen molar-refractivity contribution < 1.29 is 19.0 Å². The van der Waals surface area contributed by atoms with Gasteiger partial charge in [0.2, 0.25) is 0 Å². The number of methoxy groups -OCH3 is 1. The highest BCUT2D eigenvalue weighted by atomic mass is 127. The SMILES string of the molecule is COC(=O)[C@@H](C)C(c1ccc(I)c(O)c1F)C1CC1. The first-order valence-electron chi connectivity index (χ1n) is 6.22. The molecule has 2 rings (SSSR count). The van der Waals surface area contributed by atoms with Crippen molar-refractivity contribution in [1.82, 2.24) is 0 Å². The van der Waals surface area contributed by atoms with Crippen LogP contribution in [0.1, 0.15) is 31.2 Å². The molecular weight excluding hydrogens is 362 g/mol. The summed E-state index contributed by atoms with van der Waals surface area (Å²) in [5.41, 5.74) is 0.415. The molecule has 1 fully saturated rings. The molecule has 1 aromatic carbocycles. The van der Waals surface area contributed by atoms with Gasteiger partial charge in [-0.15, -0.1) is 0 Å². The lowest BCUT2D eigenvalue weighted by atomic mass is 9.83. The van der Waals surface area contributed by atoms with Gasteiger partial charge in [0.05, 0.1) is 16.6 Å². The molecule has 19 heavy (non-hydrogen) atoms. The standard InChI is InChI=1S/C14H16FIO3/c1-7(14(18)19-2)11(8-3-4-8)9-5-6-10(16)13(17)12(9)15/h5-8,11,17H,3-4H2,1-2H3/t7-,11?/m0/s1. The highest BCUT2D eigenvalue weighted by molar-refractivity contribution is 14.1. The second-order valence-corrected chi connectivity index (χ2v) is 6.14. The lowest BCUT2D eigenvalue weighted by molar-refractivity contribution is -0.145. The maximum Gasteiger partial charge on any atom is 0.309 e. The molecular formula is C14H16FIO3. The van der Waals surface area contributed by atoms with Gasteiger partial charge in [0.15, 0.2) is 11.6 Å². The van der Waals surface area contributed by atoms with E-state index in [-0.39, 0.29) is 17.6 Å². The second-order valence-electron chi connectivity index (χ2n) is 4.97. The Morgan fingerprint density at radius 1 is 1.53 bits per heavy atom. The van der Waals surface area contributed by atoms with Gasteiger partial charge in [-0.3, -0.25) is 4.79 Å². The summed E-state index contributed by atoms with van der Waals surface area (Å²) < 4.78 is 19.5. The number of benzene rings is 1. The molecule has 3 nitrogen and oxygen atoms in total. The summed E-state index contributed by atoms with van der Waals surface area (Å²) >= 11 is 1.88. The normalized spacial score (nSPS) is 17.9. The molecule has 0 aromatic heterocycles. The molecule has 1 saturated carbocycles. The molecule has 0 heterocycles. The van der Waals surface area contributed by atoms with Gasteiger partial charge in [0.1, 0.15) is 0 Å². The molecule has 0 aliphatic heterocycles. The maximum atomic E-state index is 14.2. The van der Waals surface area contributed by atoms with Gasteiger partial charge in [-0.05, 0) is 53.0 Å². The van der Waals surface area contributed by atoms with Crippen LogP contribution in [0.3, 0.4) is 0 Å². The van der Waals surface area contributed by atoms with Crippen LogP contribution in [0.4, 0.5) is 4.39 Å². The average Bonchev–Trinajstić information content (AvgIpc) is 3.22. The number of phenolic OH excluding ortho intramolecular Hbond substituents is 1. The van der Waals surface area contributed by atoms with E-state index in [1.807, 2.05) is 22.6 Å². The predicted octanol–water partition coefficient (Wildman–Crippen LogP) is 3.44. The molecule has 0 saturated heterocycles. The molecule has 1 unspecified atom stereocenters. The van der Waals surface area contributed by atoms with Gasteiger partial charge in [-0.1, -0.05) is 13.0 Å². The average molecular weight is 378 g/mol. The fourth-order valence-corrected chi connectivity index (χ4v) is 2.95. The number of aromatic hydroxyl groups is 1. The van der Waals surface area contributed by atoms with Crippen LogP contribution in [0, 0.1) is 21.2 Å². The molecule has 1 aromatic rings. The van der Waals surface area contributed by atoms with Crippen LogP contribution >= 0.6 is 22.6 Å². The van der Waals surface area contributed by atoms with Gasteiger partial charge >= 0.3 is 5.97 Å². The van der Waals surface area contributed by atoms with Crippen LogP contribution < -0.4 is 0 Å². The van der Waals surface area contributed by atoms with Crippen LogP contribution in [0.2, 0.25) is 0 Å². The van der Waals surface area contributed by atoms with Crippen molar-refractivity contribution in [2.24, 2.45) is 11.8 Å². The minimum absolute atomic E-state index is 0.227. The van der Waals surface area contributed by atoms with Crippen molar-refractivity contribution in [3.8, 4) is 5.75 Å². The number of hydrogen-bond donors (Lipinski definition) is 1. The summed E-state index contributed by atoms with van der Waals surface area (Å²) in [5, 5.41) is 9.72. The number of carbonyl (C=O) groups is 1. The van der Waals surface area contributed by atoms with E-state index >= 15 is 0 Å². The number of ether oxygens (including phenoxy) is 1. The maximum absolute atomic E-state index is 14.2. The van der Waals surface area contributed by atoms with E-state index < -0.39 is 11.7 Å². The summed E-state index contributed by atoms with van der Waals surface area (Å²) in [6, 6.07) is 3.34. The summed E-state index contributed by atoms with van der Waals surface area (Å²) in [6.07, 6.45) is 1.97. The Morgan fingerprint density at radius 3 is 2.68 bits per heavy atom. The zero-order chi connectivity index (χ0) is 14.2. The Hall–Kier alpha value is -0.850. The van der Waals surface area contributed by atoms with Crippen LogP contribution in [-0.4, -0.2) is 18.2 Å². The van der Waals surface area contributed by atoms with E-state index in [4.69, 9.17) is 4.74 Å². The lowest BCUT2D eigenvalue weighted by Crippen LogP contribution is -2.23. The van der Waals surface area contributed by atoms with Crippen LogP contribution in [0.15, 0.2) is 12.1 Å². The van der Waals surface area contributed by atoms with E-state index in [2.05, 4.69) is 0 Å². The third-order valence-corrected chi connectivity index (χ3v) is 4.57. The van der Waals surface area contributed by atoms with Crippen molar-refractivity contribution >= 4 is 28.6 Å². The van der Waals surface area contributed by atoms with Gasteiger partial charge in [0, 0.05) is 5.92 Å². The van der Waals surface area contributed by atoms with E-state index in [1.165, 1.54) is 7.11 Å². The summed E-state index contributed by atoms with van der Waals surface area (Å²) in [7, 11) is 1.34. The number of rotatable bonds is 4. The fraction of sp³-hybridized carbons (Fsp3) is 0.500. The predicted molar refractivity (Wildman–Crippen MR) is 77.4 cm³/mol. The third kappa shape index (κ3) is 2.85. The Kier molecular flexibility index (Phi) is 4.32. The second kappa shape index (κ2) is 5.64. The minimum atomic E-state index is -0.612. The molecule has 0 radical (unpaired) electrons. The molecule has 2 atom stereocenters. The van der Waals surface area contributed by atoms with E-state index in [0.717, 1.165) is 12.8 Å². The van der Waals surface area contributed by atoms with Crippen LogP contribution in [-0.2, 0) is 9.53 Å². The monoisotopic (exact) mass is 378 g/mol. The lowest BCUT2D eigenvalue weighted by Gasteiger charge is -2.23. The number of carbonyl (C=O) groups excluding carboxylic acids is 1. The first-order valence-corrected chi connectivity index (χ1v) is 7.30. The Labute approximate surface area is 125 Å². The molecule has 0 bridgehead atoms. The molecule has 5 heteroatoms. The Morgan fingerprint density at radius 2 is 2.16 bits per heavy atom. The topological polar surface area (TPSA) is 46.5 Å². The summed E-state index contributed by atoms with van der Waals surface area (Å²) in [5.74, 6) is -1.63. The van der Waals surface area contributed by atoms with E-state index in [9.17, 15) is 14.3 Å². The highest BCUT2D eigenvalue weighted by Crippen LogP contribution is 2.48. The van der Waals surface area contributed by atoms with Gasteiger partial charge in [-0.25, -0.2) is 4.39 Å². The fourth-order valence-electron chi connectivity index (χ4n) is 2.53. The first-order chi connectivity index (χ1) is 8.97. The molecule has 1 N–H and O–H groups in total. The molecule has 1 aliphatic carbocycles. The molecule has 104 valence electrons. The Balaban J connectivity index is 2.40. The quantitative estimate of drug-likeness (QED) is 0.645. The van der Waals surface area contributed by atoms with E-state index in [0.29, 0.717) is 15.1 Å². The largest absolute Gasteiger partial charge is 0.504 e.